The highest BCUT2D eigenvalue weighted by Gasteiger charge is 2.04. The molecule has 0 rings (SSSR count). The van der Waals surface area contributed by atoms with Crippen LogP contribution in [0.1, 0.15) is 58.3 Å². The number of hydrogen-bond donors (Lipinski definition) is 0. The maximum atomic E-state index is 8.80. The zero-order valence-electron chi connectivity index (χ0n) is 8.89. The lowest BCUT2D eigenvalue weighted by Gasteiger charge is -2.06. The summed E-state index contributed by atoms with van der Waals surface area (Å²) in [6.45, 7) is 5.96. The second-order valence-electron chi connectivity index (χ2n) is 3.67. The van der Waals surface area contributed by atoms with Crippen LogP contribution < -0.4 is 0 Å². The number of nitrogens with zero attached hydrogens (tertiary/aromatic N) is 1. The first-order chi connectivity index (χ1) is 6.35. The van der Waals surface area contributed by atoms with Crippen molar-refractivity contribution >= 4 is 0 Å². The van der Waals surface area contributed by atoms with Gasteiger partial charge in [-0.1, -0.05) is 52.4 Å². The van der Waals surface area contributed by atoms with Crippen LogP contribution in [0.2, 0.25) is 0 Å². The van der Waals surface area contributed by atoms with Crippen molar-refractivity contribution in [1.29, 1.82) is 5.26 Å². The Labute approximate surface area is 83.1 Å². The summed E-state index contributed by atoms with van der Waals surface area (Å²) in [5, 5.41) is 8.80. The van der Waals surface area contributed by atoms with Gasteiger partial charge in [0.05, 0.1) is 6.07 Å². The molecule has 0 spiro atoms. The Morgan fingerprint density at radius 3 is 2.38 bits per heavy atom. The lowest BCUT2D eigenvalue weighted by molar-refractivity contribution is 0.502. The molecule has 0 amide bonds. The zero-order chi connectivity index (χ0) is 9.94. The normalized spacial score (nSPS) is 12.4. The van der Waals surface area contributed by atoms with Gasteiger partial charge in [-0.2, -0.15) is 5.26 Å². The van der Waals surface area contributed by atoms with Crippen LogP contribution in [0.3, 0.4) is 0 Å². The molecule has 1 heteroatoms. The summed E-state index contributed by atoms with van der Waals surface area (Å²) in [7, 11) is 0. The Kier molecular flexibility index (Phi) is 9.20. The van der Waals surface area contributed by atoms with Gasteiger partial charge in [0.15, 0.2) is 0 Å². The molecule has 0 saturated heterocycles. The molecule has 1 unspecified atom stereocenters. The van der Waals surface area contributed by atoms with Gasteiger partial charge in [-0.25, -0.2) is 0 Å². The fraction of sp³-hybridized carbons (Fsp3) is 0.833. The van der Waals surface area contributed by atoms with Crippen molar-refractivity contribution in [3.8, 4) is 6.07 Å². The first kappa shape index (κ1) is 12.5. The Morgan fingerprint density at radius 1 is 1.15 bits per heavy atom. The average Bonchev–Trinajstić information content (AvgIpc) is 2.16. The van der Waals surface area contributed by atoms with Crippen LogP contribution in [0.15, 0.2) is 0 Å². The van der Waals surface area contributed by atoms with Gasteiger partial charge in [-0.3, -0.25) is 0 Å². The van der Waals surface area contributed by atoms with E-state index in [9.17, 15) is 0 Å². The van der Waals surface area contributed by atoms with Crippen molar-refractivity contribution in [3.05, 3.63) is 6.92 Å². The van der Waals surface area contributed by atoms with E-state index in [1.165, 1.54) is 25.7 Å². The Balaban J connectivity index is 3.24. The first-order valence-corrected chi connectivity index (χ1v) is 5.54. The summed E-state index contributed by atoms with van der Waals surface area (Å²) in [4.78, 5) is 0. The molecule has 0 aliphatic rings. The molecule has 0 aliphatic carbocycles. The van der Waals surface area contributed by atoms with Crippen molar-refractivity contribution in [3.63, 3.8) is 0 Å². The lowest BCUT2D eigenvalue weighted by Crippen LogP contribution is -1.96. The molecule has 75 valence electrons. The van der Waals surface area contributed by atoms with Crippen molar-refractivity contribution < 1.29 is 0 Å². The van der Waals surface area contributed by atoms with Crippen molar-refractivity contribution in [2.24, 2.45) is 5.92 Å². The van der Waals surface area contributed by atoms with Crippen LogP contribution in [-0.2, 0) is 0 Å². The molecular weight excluding hydrogens is 158 g/mol. The summed E-state index contributed by atoms with van der Waals surface area (Å²) >= 11 is 0. The molecule has 0 heterocycles. The standard InChI is InChI=1S/C12H22N/c1-3-5-6-7-8-10-12(11-13)9-4-2/h12H,1,3-10H2,2H3. The highest BCUT2D eigenvalue weighted by atomic mass is 14.3. The first-order valence-electron chi connectivity index (χ1n) is 5.54. The second kappa shape index (κ2) is 9.58. The van der Waals surface area contributed by atoms with Crippen LogP contribution in [0.5, 0.6) is 0 Å². The van der Waals surface area contributed by atoms with E-state index in [2.05, 4.69) is 19.9 Å². The van der Waals surface area contributed by atoms with Crippen LogP contribution in [0, 0.1) is 24.2 Å². The Morgan fingerprint density at radius 2 is 1.85 bits per heavy atom. The van der Waals surface area contributed by atoms with Crippen LogP contribution in [-0.4, -0.2) is 0 Å². The minimum atomic E-state index is 0.310. The zero-order valence-corrected chi connectivity index (χ0v) is 8.89. The van der Waals surface area contributed by atoms with E-state index in [0.717, 1.165) is 25.7 Å². The fourth-order valence-electron chi connectivity index (χ4n) is 1.54. The SMILES string of the molecule is [CH2]CCCCCCC(C#N)CCC. The minimum Gasteiger partial charge on any atom is -0.198 e. The lowest BCUT2D eigenvalue weighted by atomic mass is 9.97. The third-order valence-corrected chi connectivity index (χ3v) is 2.37. The molecule has 0 bridgehead atoms. The maximum Gasteiger partial charge on any atom is 0.0655 e. The topological polar surface area (TPSA) is 23.8 Å². The van der Waals surface area contributed by atoms with Gasteiger partial charge in [-0.05, 0) is 12.8 Å². The van der Waals surface area contributed by atoms with Crippen LogP contribution in [0.25, 0.3) is 0 Å². The summed E-state index contributed by atoms with van der Waals surface area (Å²) < 4.78 is 0. The van der Waals surface area contributed by atoms with Gasteiger partial charge in [0.2, 0.25) is 0 Å². The van der Waals surface area contributed by atoms with E-state index in [0.29, 0.717) is 5.92 Å². The molecule has 1 nitrogen and oxygen atoms in total. The third kappa shape index (κ3) is 7.84. The molecule has 0 aliphatic heterocycles. The monoisotopic (exact) mass is 180 g/mol. The molecule has 0 aromatic carbocycles. The fourth-order valence-corrected chi connectivity index (χ4v) is 1.54. The summed E-state index contributed by atoms with van der Waals surface area (Å²) in [5.41, 5.74) is 0. The van der Waals surface area contributed by atoms with Gasteiger partial charge in [-0.15, -0.1) is 0 Å². The number of rotatable bonds is 8. The summed E-state index contributed by atoms with van der Waals surface area (Å²) in [5.74, 6) is 0.310. The quantitative estimate of drug-likeness (QED) is 0.516. The van der Waals surface area contributed by atoms with Gasteiger partial charge < -0.3 is 0 Å². The number of hydrogen-bond acceptors (Lipinski definition) is 1. The van der Waals surface area contributed by atoms with Crippen molar-refractivity contribution in [2.75, 3.05) is 0 Å². The van der Waals surface area contributed by atoms with E-state index in [1.807, 2.05) is 0 Å². The van der Waals surface area contributed by atoms with Gasteiger partial charge >= 0.3 is 0 Å². The molecule has 0 fully saturated rings. The molecule has 0 N–H and O–H groups in total. The Bertz CT molecular complexity index is 135. The predicted molar refractivity (Wildman–Crippen MR) is 57.1 cm³/mol. The van der Waals surface area contributed by atoms with Gasteiger partial charge in [0.25, 0.3) is 0 Å². The highest BCUT2D eigenvalue weighted by Crippen LogP contribution is 2.15. The van der Waals surface area contributed by atoms with Gasteiger partial charge in [0, 0.05) is 5.92 Å². The van der Waals surface area contributed by atoms with E-state index in [-0.39, 0.29) is 0 Å². The van der Waals surface area contributed by atoms with E-state index < -0.39 is 0 Å². The van der Waals surface area contributed by atoms with E-state index in [4.69, 9.17) is 5.26 Å². The van der Waals surface area contributed by atoms with Crippen LogP contribution in [0.4, 0.5) is 0 Å². The maximum absolute atomic E-state index is 8.80. The smallest absolute Gasteiger partial charge is 0.0655 e. The molecule has 13 heavy (non-hydrogen) atoms. The molecule has 0 aromatic rings. The van der Waals surface area contributed by atoms with E-state index >= 15 is 0 Å². The average molecular weight is 180 g/mol. The highest BCUT2D eigenvalue weighted by molar-refractivity contribution is 4.81. The molecule has 0 aromatic heterocycles. The Hall–Kier alpha value is -0.510. The molecular formula is C12H22N. The predicted octanol–water partition coefficient (Wildman–Crippen LogP) is 4.10. The largest absolute Gasteiger partial charge is 0.198 e. The van der Waals surface area contributed by atoms with Crippen molar-refractivity contribution in [2.45, 2.75) is 58.3 Å². The third-order valence-electron chi connectivity index (χ3n) is 2.37. The van der Waals surface area contributed by atoms with Crippen molar-refractivity contribution in [1.82, 2.24) is 0 Å². The molecule has 0 saturated carbocycles. The summed E-state index contributed by atoms with van der Waals surface area (Å²) in [6, 6.07) is 2.38. The van der Waals surface area contributed by atoms with Crippen LogP contribution >= 0.6 is 0 Å². The second-order valence-corrected chi connectivity index (χ2v) is 3.67. The number of unbranched alkanes of at least 4 members (excludes halogenated alkanes) is 4. The minimum absolute atomic E-state index is 0.310. The summed E-state index contributed by atoms with van der Waals surface area (Å²) in [6.07, 6.45) is 9.38. The van der Waals surface area contributed by atoms with Gasteiger partial charge in [0.1, 0.15) is 0 Å². The molecule has 1 radical (unpaired) electrons. The number of nitriles is 1. The molecule has 1 atom stereocenters. The van der Waals surface area contributed by atoms with E-state index in [1.54, 1.807) is 0 Å².